The van der Waals surface area contributed by atoms with Gasteiger partial charge in [-0.05, 0) is 61.5 Å². The highest BCUT2D eigenvalue weighted by molar-refractivity contribution is 7.17. The van der Waals surface area contributed by atoms with Gasteiger partial charge >= 0.3 is 11.7 Å². The van der Waals surface area contributed by atoms with Crippen LogP contribution in [0.3, 0.4) is 0 Å². The van der Waals surface area contributed by atoms with Gasteiger partial charge < -0.3 is 10.1 Å². The van der Waals surface area contributed by atoms with Gasteiger partial charge in [0.2, 0.25) is 5.91 Å². The minimum absolute atomic E-state index is 0.201. The van der Waals surface area contributed by atoms with Crippen molar-refractivity contribution in [1.29, 1.82) is 0 Å². The Hall–Kier alpha value is -3.98. The fraction of sp³-hybridized carbons (Fsp3) is 0.200. The Balaban J connectivity index is 1.77. The predicted molar refractivity (Wildman–Crippen MR) is 132 cm³/mol. The van der Waals surface area contributed by atoms with Crippen molar-refractivity contribution in [1.82, 2.24) is 9.13 Å². The second-order valence-corrected chi connectivity index (χ2v) is 8.59. The molecule has 0 atom stereocenters. The van der Waals surface area contributed by atoms with Crippen molar-refractivity contribution in [3.05, 3.63) is 91.4 Å². The zero-order valence-electron chi connectivity index (χ0n) is 19.0. The number of nitrogens with one attached hydrogen (secondary N) is 1. The van der Waals surface area contributed by atoms with Gasteiger partial charge in [0.25, 0.3) is 5.56 Å². The third kappa shape index (κ3) is 4.17. The lowest BCUT2D eigenvalue weighted by molar-refractivity contribution is -0.116. The normalized spacial score (nSPS) is 10.9. The second kappa shape index (κ2) is 9.48. The first-order chi connectivity index (χ1) is 16.3. The molecule has 0 bridgehead atoms. The summed E-state index contributed by atoms with van der Waals surface area (Å²) in [5.41, 5.74) is 2.07. The molecule has 2 heterocycles. The molecule has 34 heavy (non-hydrogen) atoms. The quantitative estimate of drug-likeness (QED) is 0.428. The lowest BCUT2D eigenvalue weighted by Gasteiger charge is -2.15. The minimum atomic E-state index is -0.613. The van der Waals surface area contributed by atoms with Gasteiger partial charge in [0.1, 0.15) is 11.2 Å². The van der Waals surface area contributed by atoms with Gasteiger partial charge in [-0.2, -0.15) is 0 Å². The van der Waals surface area contributed by atoms with Gasteiger partial charge in [-0.1, -0.05) is 24.3 Å². The molecule has 0 unspecified atom stereocenters. The molecule has 9 heteroatoms. The number of para-hydroxylation sites is 1. The summed E-state index contributed by atoms with van der Waals surface area (Å²) < 4.78 is 7.81. The van der Waals surface area contributed by atoms with E-state index in [1.165, 1.54) is 15.9 Å². The number of thiophene rings is 1. The Morgan fingerprint density at radius 3 is 2.56 bits per heavy atom. The zero-order chi connectivity index (χ0) is 24.4. The van der Waals surface area contributed by atoms with Crippen molar-refractivity contribution in [3.63, 3.8) is 0 Å². The molecule has 0 aliphatic rings. The van der Waals surface area contributed by atoms with E-state index in [0.717, 1.165) is 15.7 Å². The third-order valence-electron chi connectivity index (χ3n) is 5.57. The average molecular weight is 478 g/mol. The minimum Gasteiger partial charge on any atom is -0.462 e. The van der Waals surface area contributed by atoms with Crippen LogP contribution in [0.25, 0.3) is 15.9 Å². The predicted octanol–water partition coefficient (Wildman–Crippen LogP) is 3.65. The van der Waals surface area contributed by atoms with Crippen LogP contribution in [-0.2, 0) is 16.1 Å². The lowest BCUT2D eigenvalue weighted by Crippen LogP contribution is -2.40. The number of rotatable bonds is 6. The van der Waals surface area contributed by atoms with Crippen LogP contribution in [0, 0.1) is 13.8 Å². The van der Waals surface area contributed by atoms with Crippen molar-refractivity contribution in [2.45, 2.75) is 27.3 Å². The van der Waals surface area contributed by atoms with Gasteiger partial charge in [-0.3, -0.25) is 14.2 Å². The summed E-state index contributed by atoms with van der Waals surface area (Å²) in [7, 11) is 0. The fourth-order valence-electron chi connectivity index (χ4n) is 3.74. The van der Waals surface area contributed by atoms with E-state index in [1.54, 1.807) is 54.8 Å². The molecule has 1 amide bonds. The third-order valence-corrected chi connectivity index (χ3v) is 6.46. The number of hydrogen-bond acceptors (Lipinski definition) is 6. The van der Waals surface area contributed by atoms with E-state index in [0.29, 0.717) is 15.9 Å². The number of aryl methyl sites for hydroxylation is 1. The molecule has 1 N–H and O–H groups in total. The summed E-state index contributed by atoms with van der Waals surface area (Å²) in [5.74, 6) is -1.07. The summed E-state index contributed by atoms with van der Waals surface area (Å²) in [4.78, 5) is 51.9. The number of fused-ring (bicyclic) bond motifs is 1. The average Bonchev–Trinajstić information content (AvgIpc) is 3.30. The molecular weight excluding hydrogens is 454 g/mol. The molecule has 0 radical (unpaired) electrons. The molecule has 0 saturated carbocycles. The molecule has 8 nitrogen and oxygen atoms in total. The first-order valence-electron chi connectivity index (χ1n) is 10.7. The highest BCUT2D eigenvalue weighted by Crippen LogP contribution is 2.20. The molecule has 0 spiro atoms. The van der Waals surface area contributed by atoms with Crippen LogP contribution in [0.1, 0.15) is 28.4 Å². The Morgan fingerprint density at radius 1 is 1.03 bits per heavy atom. The van der Waals surface area contributed by atoms with E-state index < -0.39 is 23.1 Å². The number of aromatic nitrogens is 2. The smallest absolute Gasteiger partial charge is 0.340 e. The van der Waals surface area contributed by atoms with E-state index >= 15 is 0 Å². The van der Waals surface area contributed by atoms with Gasteiger partial charge in [0.05, 0.1) is 29.1 Å². The summed E-state index contributed by atoms with van der Waals surface area (Å²) in [6, 6.07) is 13.5. The van der Waals surface area contributed by atoms with Crippen LogP contribution in [-0.4, -0.2) is 27.6 Å². The van der Waals surface area contributed by atoms with Crippen LogP contribution in [0.2, 0.25) is 0 Å². The Labute approximate surface area is 199 Å². The Morgan fingerprint density at radius 2 is 1.79 bits per heavy atom. The van der Waals surface area contributed by atoms with Gasteiger partial charge in [-0.25, -0.2) is 14.2 Å². The van der Waals surface area contributed by atoms with Gasteiger partial charge in [0.15, 0.2) is 0 Å². The molecule has 2 aromatic heterocycles. The number of carbonyl (C=O) groups is 2. The van der Waals surface area contributed by atoms with Gasteiger partial charge in [-0.15, -0.1) is 11.3 Å². The number of benzene rings is 2. The highest BCUT2D eigenvalue weighted by Gasteiger charge is 2.20. The van der Waals surface area contributed by atoms with Crippen LogP contribution >= 0.6 is 11.3 Å². The molecular formula is C25H23N3O5S. The molecule has 0 fully saturated rings. The van der Waals surface area contributed by atoms with E-state index in [-0.39, 0.29) is 24.4 Å². The number of ether oxygens (including phenoxy) is 1. The Kier molecular flexibility index (Phi) is 6.47. The van der Waals surface area contributed by atoms with Crippen LogP contribution in [0.4, 0.5) is 5.69 Å². The standard InChI is InChI=1S/C25H23N3O5S/c1-4-33-24(31)17-9-5-6-10-18(17)26-21(29)14-27-20-12-13-34-22(20)23(30)28(25(27)32)19-11-7-8-15(2)16(19)3/h5-13H,4,14H2,1-3H3,(H,26,29). The van der Waals surface area contributed by atoms with Crippen molar-refractivity contribution < 1.29 is 14.3 Å². The number of amides is 1. The maximum absolute atomic E-state index is 13.5. The van der Waals surface area contributed by atoms with Crippen LogP contribution in [0.5, 0.6) is 0 Å². The summed E-state index contributed by atoms with van der Waals surface area (Å²) >= 11 is 1.21. The van der Waals surface area contributed by atoms with Crippen LogP contribution in [0.15, 0.2) is 63.5 Å². The van der Waals surface area contributed by atoms with Crippen molar-refractivity contribution in [2.75, 3.05) is 11.9 Å². The van der Waals surface area contributed by atoms with E-state index in [1.807, 2.05) is 19.9 Å². The van der Waals surface area contributed by atoms with E-state index in [9.17, 15) is 19.2 Å². The van der Waals surface area contributed by atoms with Crippen LogP contribution < -0.4 is 16.6 Å². The second-order valence-electron chi connectivity index (χ2n) is 7.68. The summed E-state index contributed by atoms with van der Waals surface area (Å²) in [6.45, 7) is 5.31. The molecule has 174 valence electrons. The number of anilines is 1. The fourth-order valence-corrected chi connectivity index (χ4v) is 4.57. The number of hydrogen-bond donors (Lipinski definition) is 1. The topological polar surface area (TPSA) is 99.4 Å². The maximum atomic E-state index is 13.5. The highest BCUT2D eigenvalue weighted by atomic mass is 32.1. The summed E-state index contributed by atoms with van der Waals surface area (Å²) in [6.07, 6.45) is 0. The molecule has 0 aliphatic heterocycles. The first-order valence-corrected chi connectivity index (χ1v) is 11.6. The van der Waals surface area contributed by atoms with Crippen molar-refractivity contribution >= 4 is 39.1 Å². The number of esters is 1. The first kappa shape index (κ1) is 23.2. The van der Waals surface area contributed by atoms with Crippen molar-refractivity contribution in [2.24, 2.45) is 0 Å². The molecule has 2 aromatic carbocycles. The SMILES string of the molecule is CCOC(=O)c1ccccc1NC(=O)Cn1c(=O)n(-c2cccc(C)c2C)c(=O)c2sccc21. The molecule has 0 saturated heterocycles. The number of nitrogens with zero attached hydrogens (tertiary/aromatic N) is 2. The Bertz CT molecular complexity index is 1530. The maximum Gasteiger partial charge on any atom is 0.340 e. The monoisotopic (exact) mass is 477 g/mol. The molecule has 4 aromatic rings. The van der Waals surface area contributed by atoms with Crippen molar-refractivity contribution in [3.8, 4) is 5.69 Å². The largest absolute Gasteiger partial charge is 0.462 e. The number of carbonyl (C=O) groups excluding carboxylic acids is 2. The molecule has 4 rings (SSSR count). The van der Waals surface area contributed by atoms with E-state index in [2.05, 4.69) is 5.32 Å². The van der Waals surface area contributed by atoms with E-state index in [4.69, 9.17) is 4.74 Å². The zero-order valence-corrected chi connectivity index (χ0v) is 19.8. The summed E-state index contributed by atoms with van der Waals surface area (Å²) in [5, 5.41) is 4.41. The van der Waals surface area contributed by atoms with Gasteiger partial charge in [0, 0.05) is 0 Å². The lowest BCUT2D eigenvalue weighted by atomic mass is 10.1. The molecule has 0 aliphatic carbocycles.